The lowest BCUT2D eigenvalue weighted by molar-refractivity contribution is 0.103. The molecule has 0 fully saturated rings. The molecule has 0 unspecified atom stereocenters. The quantitative estimate of drug-likeness (QED) is 0.291. The predicted molar refractivity (Wildman–Crippen MR) is 109 cm³/mol. The number of hydrogen-bond acceptors (Lipinski definition) is 3. The van der Waals surface area contributed by atoms with Crippen LogP contribution in [0.5, 0.6) is 5.88 Å². The zero-order chi connectivity index (χ0) is 20.1. The van der Waals surface area contributed by atoms with E-state index in [-0.39, 0.29) is 17.2 Å². The summed E-state index contributed by atoms with van der Waals surface area (Å²) in [5.74, 6) is -0.292. The van der Waals surface area contributed by atoms with Crippen LogP contribution >= 0.6 is 0 Å². The molecule has 3 rings (SSSR count). The van der Waals surface area contributed by atoms with Gasteiger partial charge in [-0.15, -0.1) is 0 Å². The van der Waals surface area contributed by atoms with Crippen molar-refractivity contribution >= 4 is 22.8 Å². The van der Waals surface area contributed by atoms with Gasteiger partial charge in [0.1, 0.15) is 0 Å². The van der Waals surface area contributed by atoms with E-state index in [4.69, 9.17) is 9.84 Å². The zero-order valence-corrected chi connectivity index (χ0v) is 16.2. The summed E-state index contributed by atoms with van der Waals surface area (Å²) in [4.78, 5) is 27.2. The number of nitrogens with one attached hydrogen (secondary N) is 1. The average Bonchev–Trinajstić information content (AvgIpc) is 3.03. The van der Waals surface area contributed by atoms with Crippen molar-refractivity contribution in [2.24, 2.45) is 0 Å². The molecule has 28 heavy (non-hydrogen) atoms. The molecule has 0 atom stereocenters. The number of benzene rings is 2. The second kappa shape index (κ2) is 8.74. The highest BCUT2D eigenvalue weighted by Crippen LogP contribution is 2.32. The van der Waals surface area contributed by atoms with Crippen LogP contribution in [-0.2, 0) is 6.42 Å². The van der Waals surface area contributed by atoms with E-state index in [9.17, 15) is 9.59 Å². The van der Waals surface area contributed by atoms with E-state index in [1.807, 2.05) is 31.2 Å². The second-order valence-corrected chi connectivity index (χ2v) is 7.03. The highest BCUT2D eigenvalue weighted by Gasteiger charge is 2.24. The molecule has 0 radical (unpaired) electrons. The lowest BCUT2D eigenvalue weighted by Crippen LogP contribution is -2.09. The van der Waals surface area contributed by atoms with Crippen molar-refractivity contribution in [1.82, 2.24) is 4.98 Å². The number of fused-ring (bicyclic) bond motifs is 1. The Bertz CT molecular complexity index is 986. The first-order valence-corrected chi connectivity index (χ1v) is 9.67. The molecule has 5 heteroatoms. The second-order valence-electron chi connectivity index (χ2n) is 7.03. The minimum atomic E-state index is -1.46. The highest BCUT2D eigenvalue weighted by molar-refractivity contribution is 6.19. The van der Waals surface area contributed by atoms with Gasteiger partial charge in [-0.25, -0.2) is 4.79 Å². The van der Waals surface area contributed by atoms with E-state index in [1.54, 1.807) is 18.2 Å². The molecule has 3 aromatic rings. The number of carboxylic acid groups (broad SMARTS) is 1. The Kier molecular flexibility index (Phi) is 6.14. The van der Waals surface area contributed by atoms with Gasteiger partial charge in [-0.2, -0.15) is 0 Å². The molecule has 146 valence electrons. The highest BCUT2D eigenvalue weighted by atomic mass is 16.7. The molecule has 1 aromatic heterocycles. The summed E-state index contributed by atoms with van der Waals surface area (Å²) in [5, 5.41) is 9.73. The molecule has 1 heterocycles. The van der Waals surface area contributed by atoms with Crippen LogP contribution in [0.1, 0.15) is 59.7 Å². The van der Waals surface area contributed by atoms with Gasteiger partial charge in [0.15, 0.2) is 5.78 Å². The van der Waals surface area contributed by atoms with E-state index in [0.29, 0.717) is 16.5 Å². The fourth-order valence-corrected chi connectivity index (χ4v) is 3.51. The SMILES string of the molecule is CCCCCCc1ccc(C(=O)c2c(OC(=O)O)[nH]c3cccc(C)c23)cc1. The Morgan fingerprint density at radius 1 is 1.04 bits per heavy atom. The van der Waals surface area contributed by atoms with Crippen molar-refractivity contribution in [3.8, 4) is 5.88 Å². The number of H-pyrrole nitrogens is 1. The molecule has 5 nitrogen and oxygen atoms in total. The maximum atomic E-state index is 13.2. The van der Waals surface area contributed by atoms with E-state index < -0.39 is 6.16 Å². The third-order valence-electron chi connectivity index (χ3n) is 4.95. The molecule has 0 amide bonds. The number of aromatic amines is 1. The predicted octanol–water partition coefficient (Wildman–Crippen LogP) is 5.89. The molecular weight excluding hydrogens is 354 g/mol. The van der Waals surface area contributed by atoms with Gasteiger partial charge in [0.05, 0.1) is 5.56 Å². The van der Waals surface area contributed by atoms with Crippen molar-refractivity contribution in [3.05, 3.63) is 64.7 Å². The van der Waals surface area contributed by atoms with Crippen LogP contribution in [0.3, 0.4) is 0 Å². The van der Waals surface area contributed by atoms with Crippen LogP contribution in [0.4, 0.5) is 4.79 Å². The van der Waals surface area contributed by atoms with Gasteiger partial charge in [0.2, 0.25) is 5.88 Å². The lowest BCUT2D eigenvalue weighted by Gasteiger charge is -2.06. The van der Waals surface area contributed by atoms with Gasteiger partial charge in [0, 0.05) is 16.5 Å². The van der Waals surface area contributed by atoms with Gasteiger partial charge in [-0.3, -0.25) is 4.79 Å². The van der Waals surface area contributed by atoms with Gasteiger partial charge in [-0.1, -0.05) is 62.6 Å². The number of carbonyl (C=O) groups excluding carboxylic acids is 1. The largest absolute Gasteiger partial charge is 0.512 e. The van der Waals surface area contributed by atoms with Gasteiger partial charge in [-0.05, 0) is 37.0 Å². The Labute approximate surface area is 164 Å². The maximum absolute atomic E-state index is 13.2. The normalized spacial score (nSPS) is 10.9. The average molecular weight is 379 g/mol. The van der Waals surface area contributed by atoms with Gasteiger partial charge < -0.3 is 14.8 Å². The summed E-state index contributed by atoms with van der Waals surface area (Å²) in [6, 6.07) is 13.1. The van der Waals surface area contributed by atoms with Gasteiger partial charge >= 0.3 is 6.16 Å². The summed E-state index contributed by atoms with van der Waals surface area (Å²) in [5.41, 5.74) is 3.52. The van der Waals surface area contributed by atoms with Crippen molar-refractivity contribution < 1.29 is 19.4 Å². The smallest absolute Gasteiger partial charge is 0.449 e. The Hall–Kier alpha value is -3.08. The first-order chi connectivity index (χ1) is 13.5. The molecule has 0 aliphatic carbocycles. The number of ketones is 1. The molecule has 0 aliphatic heterocycles. The van der Waals surface area contributed by atoms with E-state index >= 15 is 0 Å². The van der Waals surface area contributed by atoms with E-state index in [1.165, 1.54) is 24.8 Å². The molecule has 2 aromatic carbocycles. The number of hydrogen-bond donors (Lipinski definition) is 2. The molecule has 0 saturated heterocycles. The summed E-state index contributed by atoms with van der Waals surface area (Å²) in [6.07, 6.45) is 4.33. The van der Waals surface area contributed by atoms with Crippen LogP contribution < -0.4 is 4.74 Å². The van der Waals surface area contributed by atoms with Crippen LogP contribution in [0.2, 0.25) is 0 Å². The van der Waals surface area contributed by atoms with E-state index in [2.05, 4.69) is 11.9 Å². The number of unbranched alkanes of at least 4 members (excludes halogenated alkanes) is 3. The molecule has 0 aliphatic rings. The van der Waals surface area contributed by atoms with E-state index in [0.717, 1.165) is 18.4 Å². The molecule has 0 bridgehead atoms. The lowest BCUT2D eigenvalue weighted by atomic mass is 9.98. The monoisotopic (exact) mass is 379 g/mol. The van der Waals surface area contributed by atoms with Gasteiger partial charge in [0.25, 0.3) is 0 Å². The minimum absolute atomic E-state index is 0.0366. The minimum Gasteiger partial charge on any atom is -0.449 e. The summed E-state index contributed by atoms with van der Waals surface area (Å²) in [6.45, 7) is 4.08. The van der Waals surface area contributed by atoms with Crippen LogP contribution in [-0.4, -0.2) is 22.0 Å². The number of aryl methyl sites for hydroxylation is 2. The number of rotatable bonds is 8. The molecular formula is C23H25NO4. The van der Waals surface area contributed by atoms with Crippen molar-refractivity contribution in [2.45, 2.75) is 46.0 Å². The van der Waals surface area contributed by atoms with Crippen molar-refractivity contribution in [2.75, 3.05) is 0 Å². The van der Waals surface area contributed by atoms with Crippen LogP contribution in [0.25, 0.3) is 10.9 Å². The summed E-state index contributed by atoms with van der Waals surface area (Å²) in [7, 11) is 0. The molecule has 0 spiro atoms. The standard InChI is InChI=1S/C23H25NO4/c1-3-4-5-6-9-16-11-13-17(14-12-16)21(25)20-19-15(2)8-7-10-18(19)24-22(20)28-23(26)27/h7-8,10-14,24H,3-6,9H2,1-2H3,(H,26,27). The number of carbonyl (C=O) groups is 2. The first-order valence-electron chi connectivity index (χ1n) is 9.67. The zero-order valence-electron chi connectivity index (χ0n) is 16.2. The Morgan fingerprint density at radius 3 is 2.46 bits per heavy atom. The molecule has 2 N–H and O–H groups in total. The topological polar surface area (TPSA) is 79.4 Å². The molecule has 0 saturated carbocycles. The first kappa shape index (κ1) is 19.7. The van der Waals surface area contributed by atoms with Crippen molar-refractivity contribution in [1.29, 1.82) is 0 Å². The van der Waals surface area contributed by atoms with Crippen molar-refractivity contribution in [3.63, 3.8) is 0 Å². The number of ether oxygens (including phenoxy) is 1. The maximum Gasteiger partial charge on any atom is 0.512 e. The summed E-state index contributed by atoms with van der Waals surface area (Å²) < 4.78 is 4.87. The van der Waals surface area contributed by atoms with Crippen LogP contribution in [0, 0.1) is 6.92 Å². The number of aromatic nitrogens is 1. The third-order valence-corrected chi connectivity index (χ3v) is 4.95. The Morgan fingerprint density at radius 2 is 1.79 bits per heavy atom. The summed E-state index contributed by atoms with van der Waals surface area (Å²) >= 11 is 0. The van der Waals surface area contributed by atoms with Crippen LogP contribution in [0.15, 0.2) is 42.5 Å². The fourth-order valence-electron chi connectivity index (χ4n) is 3.51. The Balaban J connectivity index is 1.91. The fraction of sp³-hybridized carbons (Fsp3) is 0.304. The third kappa shape index (κ3) is 4.25.